The van der Waals surface area contributed by atoms with E-state index >= 15 is 0 Å². The summed E-state index contributed by atoms with van der Waals surface area (Å²) in [4.78, 5) is 12.4. The molecule has 0 fully saturated rings. The summed E-state index contributed by atoms with van der Waals surface area (Å²) in [5.41, 5.74) is 7.54. The molecule has 1 heterocycles. The van der Waals surface area contributed by atoms with Gasteiger partial charge < -0.3 is 15.8 Å². The lowest BCUT2D eigenvalue weighted by atomic mass is 10.2. The highest BCUT2D eigenvalue weighted by atomic mass is 16.5. The van der Waals surface area contributed by atoms with Crippen molar-refractivity contribution in [3.8, 4) is 5.75 Å². The van der Waals surface area contributed by atoms with Gasteiger partial charge in [-0.2, -0.15) is 5.10 Å². The molecule has 2 aromatic rings. The molecule has 2 rings (SSSR count). The van der Waals surface area contributed by atoms with Gasteiger partial charge in [-0.25, -0.2) is 0 Å². The zero-order valence-corrected chi connectivity index (χ0v) is 14.6. The van der Waals surface area contributed by atoms with Gasteiger partial charge in [0.1, 0.15) is 12.4 Å². The molecule has 0 atom stereocenters. The molecule has 3 N–H and O–H groups in total. The fraction of sp³-hybridized carbons (Fsp3) is 0.444. The fourth-order valence-electron chi connectivity index (χ4n) is 2.61. The first-order valence-electron chi connectivity index (χ1n) is 8.39. The molecule has 0 unspecified atom stereocenters. The van der Waals surface area contributed by atoms with Crippen LogP contribution in [0.1, 0.15) is 48.9 Å². The monoisotopic (exact) mass is 330 g/mol. The fourth-order valence-corrected chi connectivity index (χ4v) is 2.61. The van der Waals surface area contributed by atoms with E-state index in [1.165, 1.54) is 0 Å². The summed E-state index contributed by atoms with van der Waals surface area (Å²) in [5, 5.41) is 7.33. The van der Waals surface area contributed by atoms with E-state index in [1.54, 1.807) is 24.3 Å². The number of benzene rings is 1. The van der Waals surface area contributed by atoms with Crippen molar-refractivity contribution < 1.29 is 9.53 Å². The van der Waals surface area contributed by atoms with E-state index in [2.05, 4.69) is 24.3 Å². The Morgan fingerprint density at radius 2 is 1.96 bits per heavy atom. The summed E-state index contributed by atoms with van der Waals surface area (Å²) in [6, 6.07) is 9.36. The van der Waals surface area contributed by atoms with Gasteiger partial charge in [-0.05, 0) is 50.1 Å². The predicted octanol–water partition coefficient (Wildman–Crippen LogP) is 3.14. The first kappa shape index (κ1) is 18.0. The Morgan fingerprint density at radius 3 is 2.54 bits per heavy atom. The van der Waals surface area contributed by atoms with E-state index in [1.807, 2.05) is 17.7 Å². The van der Waals surface area contributed by atoms with Crippen LogP contribution in [0.25, 0.3) is 0 Å². The lowest BCUT2D eigenvalue weighted by Gasteiger charge is -2.14. The van der Waals surface area contributed by atoms with Crippen LogP contribution in [0.5, 0.6) is 5.75 Å². The molecule has 6 nitrogen and oxygen atoms in total. The van der Waals surface area contributed by atoms with Gasteiger partial charge >= 0.3 is 0 Å². The molecule has 1 aromatic carbocycles. The molecular weight excluding hydrogens is 304 g/mol. The normalized spacial score (nSPS) is 10.9. The number of amides is 1. The zero-order chi connectivity index (χ0) is 17.5. The summed E-state index contributed by atoms with van der Waals surface area (Å²) in [7, 11) is 0. The number of nitrogens with one attached hydrogen (secondary N) is 1. The Bertz CT molecular complexity index is 660. The second kappa shape index (κ2) is 8.49. The van der Waals surface area contributed by atoms with Gasteiger partial charge in [0.2, 0.25) is 0 Å². The molecule has 6 heteroatoms. The average molecular weight is 330 g/mol. The topological polar surface area (TPSA) is 82.2 Å². The van der Waals surface area contributed by atoms with Crippen molar-refractivity contribution in [2.24, 2.45) is 5.73 Å². The lowest BCUT2D eigenvalue weighted by Crippen LogP contribution is -2.15. The van der Waals surface area contributed by atoms with Crippen LogP contribution in [0.2, 0.25) is 0 Å². The Kier molecular flexibility index (Phi) is 6.37. The summed E-state index contributed by atoms with van der Waals surface area (Å²) < 4.78 is 7.36. The van der Waals surface area contributed by atoms with Gasteiger partial charge in [0.25, 0.3) is 5.91 Å². The van der Waals surface area contributed by atoms with Gasteiger partial charge in [0.05, 0.1) is 6.04 Å². The summed E-state index contributed by atoms with van der Waals surface area (Å²) in [5.74, 6) is 0.519. The van der Waals surface area contributed by atoms with E-state index < -0.39 is 0 Å². The number of carbonyl (C=O) groups is 1. The molecule has 1 aromatic heterocycles. The van der Waals surface area contributed by atoms with Crippen LogP contribution in [0.3, 0.4) is 0 Å². The smallest absolute Gasteiger partial charge is 0.276 e. The maximum absolute atomic E-state index is 12.4. The molecule has 0 aliphatic carbocycles. The second-order valence-electron chi connectivity index (χ2n) is 5.70. The van der Waals surface area contributed by atoms with Crippen LogP contribution in [-0.4, -0.2) is 28.8 Å². The van der Waals surface area contributed by atoms with E-state index in [0.717, 1.165) is 24.3 Å². The SMILES string of the molecule is CCC(CC)n1nc(C(=O)Nc2ccc(OCCN)cc2)cc1C. The van der Waals surface area contributed by atoms with Gasteiger partial charge in [-0.1, -0.05) is 13.8 Å². The Hall–Kier alpha value is -2.34. The molecule has 0 bridgehead atoms. The minimum atomic E-state index is -0.210. The largest absolute Gasteiger partial charge is 0.492 e. The molecule has 0 saturated carbocycles. The van der Waals surface area contributed by atoms with Crippen LogP contribution in [-0.2, 0) is 0 Å². The minimum absolute atomic E-state index is 0.210. The number of aromatic nitrogens is 2. The van der Waals surface area contributed by atoms with Gasteiger partial charge in [-0.15, -0.1) is 0 Å². The third-order valence-electron chi connectivity index (χ3n) is 3.94. The highest BCUT2D eigenvalue weighted by Gasteiger charge is 2.16. The molecule has 130 valence electrons. The number of hydrogen-bond acceptors (Lipinski definition) is 4. The number of nitrogens with zero attached hydrogens (tertiary/aromatic N) is 2. The molecule has 0 saturated heterocycles. The number of nitrogens with two attached hydrogens (primary N) is 1. The molecule has 0 aliphatic rings. The van der Waals surface area contributed by atoms with E-state index in [-0.39, 0.29) is 5.91 Å². The quantitative estimate of drug-likeness (QED) is 0.779. The molecular formula is C18H26N4O2. The van der Waals surface area contributed by atoms with Crippen molar-refractivity contribution >= 4 is 11.6 Å². The maximum atomic E-state index is 12.4. The summed E-state index contributed by atoms with van der Waals surface area (Å²) >= 11 is 0. The van der Waals surface area contributed by atoms with Crippen LogP contribution in [0.4, 0.5) is 5.69 Å². The second-order valence-corrected chi connectivity index (χ2v) is 5.70. The zero-order valence-electron chi connectivity index (χ0n) is 14.6. The number of hydrogen-bond donors (Lipinski definition) is 2. The van der Waals surface area contributed by atoms with Crippen molar-refractivity contribution in [3.05, 3.63) is 41.7 Å². The first-order valence-corrected chi connectivity index (χ1v) is 8.39. The number of carbonyl (C=O) groups excluding carboxylic acids is 1. The van der Waals surface area contributed by atoms with Crippen molar-refractivity contribution in [1.82, 2.24) is 9.78 Å². The van der Waals surface area contributed by atoms with Crippen molar-refractivity contribution in [1.29, 1.82) is 0 Å². The van der Waals surface area contributed by atoms with Crippen LogP contribution < -0.4 is 15.8 Å². The highest BCUT2D eigenvalue weighted by molar-refractivity contribution is 6.02. The van der Waals surface area contributed by atoms with E-state index in [9.17, 15) is 4.79 Å². The lowest BCUT2D eigenvalue weighted by molar-refractivity contribution is 0.102. The van der Waals surface area contributed by atoms with Gasteiger partial charge in [0.15, 0.2) is 5.69 Å². The van der Waals surface area contributed by atoms with Crippen LogP contribution in [0, 0.1) is 6.92 Å². The Balaban J connectivity index is 2.05. The number of rotatable bonds is 8. The Morgan fingerprint density at radius 1 is 1.29 bits per heavy atom. The molecule has 0 spiro atoms. The highest BCUT2D eigenvalue weighted by Crippen LogP contribution is 2.19. The van der Waals surface area contributed by atoms with Gasteiger partial charge in [-0.3, -0.25) is 9.48 Å². The minimum Gasteiger partial charge on any atom is -0.492 e. The number of ether oxygens (including phenoxy) is 1. The van der Waals surface area contributed by atoms with Crippen molar-refractivity contribution in [2.45, 2.75) is 39.7 Å². The van der Waals surface area contributed by atoms with Crippen molar-refractivity contribution in [3.63, 3.8) is 0 Å². The molecule has 1 amide bonds. The third kappa shape index (κ3) is 4.35. The standard InChI is InChI=1S/C18H26N4O2/c1-4-15(5-2)22-13(3)12-17(21-22)18(23)20-14-6-8-16(9-7-14)24-11-10-19/h6-9,12,15H,4-5,10-11,19H2,1-3H3,(H,20,23). The number of anilines is 1. The summed E-state index contributed by atoms with van der Waals surface area (Å²) in [6.45, 7) is 7.17. The number of aryl methyl sites for hydroxylation is 1. The molecule has 24 heavy (non-hydrogen) atoms. The molecule has 0 aliphatic heterocycles. The average Bonchev–Trinajstić information content (AvgIpc) is 2.97. The third-order valence-corrected chi connectivity index (χ3v) is 3.94. The Labute approximate surface area is 143 Å². The molecule has 0 radical (unpaired) electrons. The van der Waals surface area contributed by atoms with Crippen LogP contribution >= 0.6 is 0 Å². The maximum Gasteiger partial charge on any atom is 0.276 e. The van der Waals surface area contributed by atoms with E-state index in [4.69, 9.17) is 10.5 Å². The van der Waals surface area contributed by atoms with Gasteiger partial charge in [0, 0.05) is 17.9 Å². The van der Waals surface area contributed by atoms with Crippen LogP contribution in [0.15, 0.2) is 30.3 Å². The predicted molar refractivity (Wildman–Crippen MR) is 95.5 cm³/mol. The first-order chi connectivity index (χ1) is 11.6. The van der Waals surface area contributed by atoms with E-state index in [0.29, 0.717) is 30.6 Å². The summed E-state index contributed by atoms with van der Waals surface area (Å²) in [6.07, 6.45) is 1.98. The van der Waals surface area contributed by atoms with Crippen molar-refractivity contribution in [2.75, 3.05) is 18.5 Å².